The topological polar surface area (TPSA) is 32.8 Å². The van der Waals surface area contributed by atoms with Gasteiger partial charge in [0.25, 0.3) is 0 Å². The van der Waals surface area contributed by atoms with E-state index in [0.717, 1.165) is 24.9 Å². The Morgan fingerprint density at radius 1 is 0.882 bits per heavy atom. The largest absolute Gasteiger partial charge is 0.461 e. The number of fused-ring (bicyclic) bond motifs is 2. The molecule has 1 aliphatic heterocycles. The Balaban J connectivity index is 1.39. The highest BCUT2D eigenvalue weighted by atomic mass is 32.3. The highest BCUT2D eigenvalue weighted by Gasteiger charge is 2.29. The third-order valence-corrected chi connectivity index (χ3v) is 9.62. The minimum absolute atomic E-state index is 0.137. The maximum absolute atomic E-state index is 12.2. The monoisotopic (exact) mass is 476 g/mol. The van der Waals surface area contributed by atoms with Crippen LogP contribution in [0.4, 0.5) is 11.4 Å². The van der Waals surface area contributed by atoms with Crippen molar-refractivity contribution in [1.82, 2.24) is 0 Å². The Hall–Kier alpha value is -2.92. The fourth-order valence-electron chi connectivity index (χ4n) is 4.57. The van der Waals surface area contributed by atoms with Crippen LogP contribution in [0, 0.1) is 0 Å². The minimum Gasteiger partial charge on any atom is -0.461 e. The molecule has 4 nitrogen and oxygen atoms in total. The lowest BCUT2D eigenvalue weighted by Crippen LogP contribution is -2.21. The molecule has 34 heavy (non-hydrogen) atoms. The van der Waals surface area contributed by atoms with E-state index in [-0.39, 0.29) is 5.97 Å². The molecule has 0 radical (unpaired) electrons. The van der Waals surface area contributed by atoms with Gasteiger partial charge in [0, 0.05) is 45.5 Å². The van der Waals surface area contributed by atoms with Gasteiger partial charge in [0.1, 0.15) is 6.61 Å². The fraction of sp³-hybridized carbons (Fsp3) is 0.345. The zero-order valence-electron chi connectivity index (χ0n) is 21.0. The zero-order valence-corrected chi connectivity index (χ0v) is 21.8. The molecule has 0 fully saturated rings. The predicted octanol–water partition coefficient (Wildman–Crippen LogP) is 6.10. The highest BCUT2D eigenvalue weighted by Crippen LogP contribution is 2.62. The van der Waals surface area contributed by atoms with Crippen molar-refractivity contribution < 1.29 is 9.53 Å². The van der Waals surface area contributed by atoms with Gasteiger partial charge in [0.15, 0.2) is 0 Å². The summed E-state index contributed by atoms with van der Waals surface area (Å²) in [6, 6.07) is 23.6. The Labute approximate surface area is 205 Å². The summed E-state index contributed by atoms with van der Waals surface area (Å²) in [6.45, 7) is 1.16. The summed E-state index contributed by atoms with van der Waals surface area (Å²) in [5.41, 5.74) is 6.38. The summed E-state index contributed by atoms with van der Waals surface area (Å²) >= 11 is 0. The number of carbonyl (C=O) groups excluding carboxylic acids is 1. The highest BCUT2D eigenvalue weighted by molar-refractivity contribution is 8.32. The van der Waals surface area contributed by atoms with Gasteiger partial charge in [0.05, 0.1) is 0 Å². The molecule has 180 valence electrons. The van der Waals surface area contributed by atoms with Gasteiger partial charge in [-0.25, -0.2) is 0 Å². The van der Waals surface area contributed by atoms with Crippen LogP contribution in [0.1, 0.15) is 29.5 Å². The number of benzene rings is 3. The third-order valence-electron chi connectivity index (χ3n) is 6.66. The molecular formula is C29H36N2O2S. The lowest BCUT2D eigenvalue weighted by Gasteiger charge is -2.41. The number of esters is 1. The van der Waals surface area contributed by atoms with E-state index < -0.39 is 10.0 Å². The minimum atomic E-state index is -1.11. The summed E-state index contributed by atoms with van der Waals surface area (Å²) in [5, 5.41) is 0. The molecule has 3 aromatic rings. The molecule has 5 heteroatoms. The van der Waals surface area contributed by atoms with E-state index in [4.69, 9.17) is 4.74 Å². The Kier molecular flexibility index (Phi) is 7.22. The summed E-state index contributed by atoms with van der Waals surface area (Å²) < 4.78 is 5.42. The van der Waals surface area contributed by atoms with E-state index in [1.165, 1.54) is 32.3 Å². The first kappa shape index (κ1) is 24.2. The first-order valence-corrected chi connectivity index (χ1v) is 14.3. The first-order valence-electron chi connectivity index (χ1n) is 11.8. The normalized spacial score (nSPS) is 14.5. The molecule has 1 aliphatic rings. The van der Waals surface area contributed by atoms with Crippen molar-refractivity contribution in [2.24, 2.45) is 0 Å². The second-order valence-corrected chi connectivity index (χ2v) is 13.2. The van der Waals surface area contributed by atoms with Crippen LogP contribution in [0.3, 0.4) is 0 Å². The quantitative estimate of drug-likeness (QED) is 0.368. The van der Waals surface area contributed by atoms with Crippen LogP contribution in [0.25, 0.3) is 0 Å². The Morgan fingerprint density at radius 3 is 2.15 bits per heavy atom. The lowest BCUT2D eigenvalue weighted by molar-refractivity contribution is -0.145. The molecule has 0 aliphatic carbocycles. The number of rotatable bonds is 8. The zero-order chi connectivity index (χ0) is 24.3. The standard InChI is InChI=1S/C29H36N2O2S/c1-30(2)25-15-13-23-18-24-14-16-26(20-28(24)34(4,5)27(23)19-25)31(3)17-9-12-29(32)33-21-22-10-7-6-8-11-22/h6-8,10-11,13-16,19-20H,9,12,17-18,21H2,1-5H3. The van der Waals surface area contributed by atoms with Crippen molar-refractivity contribution in [3.8, 4) is 0 Å². The molecule has 1 heterocycles. The Morgan fingerprint density at radius 2 is 1.50 bits per heavy atom. The molecule has 3 aromatic carbocycles. The molecule has 0 amide bonds. The van der Waals surface area contributed by atoms with Crippen LogP contribution < -0.4 is 9.80 Å². The van der Waals surface area contributed by atoms with Crippen LogP contribution in [0.5, 0.6) is 0 Å². The number of hydrogen-bond donors (Lipinski definition) is 0. The van der Waals surface area contributed by atoms with Crippen LogP contribution in [0.15, 0.2) is 76.5 Å². The maximum Gasteiger partial charge on any atom is 0.306 e. The van der Waals surface area contributed by atoms with Crippen molar-refractivity contribution in [2.45, 2.75) is 35.7 Å². The molecule has 0 aromatic heterocycles. The fourth-order valence-corrected chi connectivity index (χ4v) is 7.23. The van der Waals surface area contributed by atoms with Crippen molar-refractivity contribution in [3.63, 3.8) is 0 Å². The third kappa shape index (κ3) is 5.25. The van der Waals surface area contributed by atoms with E-state index in [1.807, 2.05) is 30.3 Å². The van der Waals surface area contributed by atoms with Crippen molar-refractivity contribution in [3.05, 3.63) is 83.4 Å². The average molecular weight is 477 g/mol. The van der Waals surface area contributed by atoms with E-state index in [0.29, 0.717) is 13.0 Å². The van der Waals surface area contributed by atoms with Crippen LogP contribution in [-0.4, -0.2) is 46.2 Å². The SMILES string of the molecule is CN(C)c1ccc2c(c1)S(C)(C)c1cc(N(C)CCCC(=O)OCc3ccccc3)ccc1C2. The van der Waals surface area contributed by atoms with E-state index >= 15 is 0 Å². The molecule has 0 saturated carbocycles. The second kappa shape index (κ2) is 10.1. The molecule has 0 bridgehead atoms. The van der Waals surface area contributed by atoms with Gasteiger partial charge >= 0.3 is 5.97 Å². The average Bonchev–Trinajstić information content (AvgIpc) is 2.83. The van der Waals surface area contributed by atoms with E-state index in [2.05, 4.69) is 79.9 Å². The second-order valence-electron chi connectivity index (χ2n) is 9.65. The van der Waals surface area contributed by atoms with Gasteiger partial charge in [-0.1, -0.05) is 42.5 Å². The van der Waals surface area contributed by atoms with Crippen LogP contribution >= 0.6 is 10.0 Å². The Bertz CT molecular complexity index is 1160. The van der Waals surface area contributed by atoms with E-state index in [9.17, 15) is 4.79 Å². The summed E-state index contributed by atoms with van der Waals surface area (Å²) in [5.74, 6) is -0.137. The number of anilines is 2. The molecule has 0 spiro atoms. The van der Waals surface area contributed by atoms with Crippen molar-refractivity contribution >= 4 is 27.4 Å². The molecule has 0 saturated heterocycles. The molecule has 0 atom stereocenters. The van der Waals surface area contributed by atoms with Crippen LogP contribution in [0.2, 0.25) is 0 Å². The number of hydrogen-bond acceptors (Lipinski definition) is 4. The first-order chi connectivity index (χ1) is 16.3. The van der Waals surface area contributed by atoms with Crippen molar-refractivity contribution in [1.29, 1.82) is 0 Å². The van der Waals surface area contributed by atoms with Crippen LogP contribution in [-0.2, 0) is 22.6 Å². The summed E-state index contributed by atoms with van der Waals surface area (Å²) in [7, 11) is 5.21. The molecular weight excluding hydrogens is 440 g/mol. The van der Waals surface area contributed by atoms with Gasteiger partial charge in [-0.05, 0) is 76.1 Å². The van der Waals surface area contributed by atoms with Gasteiger partial charge in [-0.2, -0.15) is 10.0 Å². The van der Waals surface area contributed by atoms with Crippen molar-refractivity contribution in [2.75, 3.05) is 50.0 Å². The van der Waals surface area contributed by atoms with Gasteiger partial charge in [-0.3, -0.25) is 4.79 Å². The lowest BCUT2D eigenvalue weighted by atomic mass is 10.0. The number of nitrogens with zero attached hydrogens (tertiary/aromatic N) is 2. The molecule has 0 unspecified atom stereocenters. The smallest absolute Gasteiger partial charge is 0.306 e. The molecule has 0 N–H and O–H groups in total. The van der Waals surface area contributed by atoms with Gasteiger partial charge < -0.3 is 14.5 Å². The van der Waals surface area contributed by atoms with Gasteiger partial charge in [-0.15, -0.1) is 0 Å². The summed E-state index contributed by atoms with van der Waals surface area (Å²) in [4.78, 5) is 19.6. The van der Waals surface area contributed by atoms with E-state index in [1.54, 1.807) is 0 Å². The molecule has 4 rings (SSSR count). The number of carbonyl (C=O) groups is 1. The van der Waals surface area contributed by atoms with Gasteiger partial charge in [0.2, 0.25) is 0 Å². The number of ether oxygens (including phenoxy) is 1. The maximum atomic E-state index is 12.2. The summed E-state index contributed by atoms with van der Waals surface area (Å²) in [6.07, 6.45) is 7.02. The predicted molar refractivity (Wildman–Crippen MR) is 145 cm³/mol.